The van der Waals surface area contributed by atoms with E-state index in [-0.39, 0.29) is 12.5 Å². The Morgan fingerprint density at radius 2 is 1.61 bits per heavy atom. The Morgan fingerprint density at radius 3 is 2.27 bits per heavy atom. The van der Waals surface area contributed by atoms with Crippen LogP contribution >= 0.6 is 11.6 Å². The molecule has 1 aliphatic heterocycles. The molecule has 172 valence electrons. The number of amides is 1. The van der Waals surface area contributed by atoms with Crippen LogP contribution in [0.2, 0.25) is 5.02 Å². The summed E-state index contributed by atoms with van der Waals surface area (Å²) in [4.78, 5) is 16.3. The van der Waals surface area contributed by atoms with E-state index in [1.807, 2.05) is 53.4 Å². The number of carbonyl (C=O) groups is 1. The van der Waals surface area contributed by atoms with Gasteiger partial charge in [-0.25, -0.2) is 0 Å². The molecule has 0 radical (unpaired) electrons. The minimum Gasteiger partial charge on any atom is -0.489 e. The summed E-state index contributed by atoms with van der Waals surface area (Å²) in [5.41, 5.74) is 1.70. The Morgan fingerprint density at radius 1 is 0.909 bits per heavy atom. The summed E-state index contributed by atoms with van der Waals surface area (Å²) < 4.78 is 44.4. The summed E-state index contributed by atoms with van der Waals surface area (Å²) in [6.45, 7) is 2.10. The number of piperazine rings is 1. The van der Waals surface area contributed by atoms with E-state index in [0.717, 1.165) is 29.0 Å². The van der Waals surface area contributed by atoms with Gasteiger partial charge in [-0.2, -0.15) is 13.2 Å². The van der Waals surface area contributed by atoms with Gasteiger partial charge in [-0.05, 0) is 48.0 Å². The van der Waals surface area contributed by atoms with Crippen molar-refractivity contribution in [1.82, 2.24) is 4.90 Å². The number of hydrogen-bond acceptors (Lipinski definition) is 3. The van der Waals surface area contributed by atoms with Crippen LogP contribution in [-0.4, -0.2) is 30.4 Å². The summed E-state index contributed by atoms with van der Waals surface area (Å²) >= 11 is 5.93. The SMILES string of the molecule is O=C1CN(Cc2ccccc2OCc2ccc(Cl)cc2)CCN1c1ccc(C(F)(F)F)cc1. The van der Waals surface area contributed by atoms with Crippen molar-refractivity contribution in [3.63, 3.8) is 0 Å². The number of carbonyl (C=O) groups excluding carboxylic acids is 1. The van der Waals surface area contributed by atoms with Gasteiger partial charge in [0.2, 0.25) is 5.91 Å². The fourth-order valence-corrected chi connectivity index (χ4v) is 3.84. The zero-order valence-electron chi connectivity index (χ0n) is 17.7. The number of hydrogen-bond donors (Lipinski definition) is 0. The highest BCUT2D eigenvalue weighted by Crippen LogP contribution is 2.31. The van der Waals surface area contributed by atoms with Crippen molar-refractivity contribution in [2.75, 3.05) is 24.5 Å². The minimum atomic E-state index is -4.40. The maximum atomic E-state index is 12.8. The van der Waals surface area contributed by atoms with E-state index >= 15 is 0 Å². The number of alkyl halides is 3. The molecule has 0 bridgehead atoms. The van der Waals surface area contributed by atoms with Crippen molar-refractivity contribution in [3.05, 3.63) is 94.5 Å². The van der Waals surface area contributed by atoms with Crippen molar-refractivity contribution in [2.24, 2.45) is 0 Å². The largest absolute Gasteiger partial charge is 0.489 e. The lowest BCUT2D eigenvalue weighted by molar-refractivity contribution is -0.137. The van der Waals surface area contributed by atoms with E-state index in [9.17, 15) is 18.0 Å². The van der Waals surface area contributed by atoms with Crippen LogP contribution in [0, 0.1) is 0 Å². The van der Waals surface area contributed by atoms with Gasteiger partial charge in [0.15, 0.2) is 0 Å². The lowest BCUT2D eigenvalue weighted by Gasteiger charge is -2.34. The molecule has 4 nitrogen and oxygen atoms in total. The van der Waals surface area contributed by atoms with Crippen molar-refractivity contribution < 1.29 is 22.7 Å². The van der Waals surface area contributed by atoms with E-state index in [1.54, 1.807) is 0 Å². The van der Waals surface area contributed by atoms with Crippen molar-refractivity contribution in [1.29, 1.82) is 0 Å². The summed E-state index contributed by atoms with van der Waals surface area (Å²) in [7, 11) is 0. The van der Waals surface area contributed by atoms with Gasteiger partial charge in [0, 0.05) is 35.9 Å². The average molecular weight is 475 g/mol. The number of nitrogens with zero attached hydrogens (tertiary/aromatic N) is 2. The molecular formula is C25H22ClF3N2O2. The summed E-state index contributed by atoms with van der Waals surface area (Å²) in [5, 5.41) is 0.666. The number of rotatable bonds is 6. The number of para-hydroxylation sites is 1. The molecule has 1 heterocycles. The van der Waals surface area contributed by atoms with Crippen LogP contribution < -0.4 is 9.64 Å². The van der Waals surface area contributed by atoms with Gasteiger partial charge in [0.25, 0.3) is 0 Å². The van der Waals surface area contributed by atoms with Gasteiger partial charge in [0.05, 0.1) is 12.1 Å². The van der Waals surface area contributed by atoms with Crippen LogP contribution in [0.5, 0.6) is 5.75 Å². The van der Waals surface area contributed by atoms with Crippen molar-refractivity contribution in [3.8, 4) is 5.75 Å². The van der Waals surface area contributed by atoms with E-state index in [2.05, 4.69) is 0 Å². The normalized spacial score (nSPS) is 15.0. The van der Waals surface area contributed by atoms with Crippen molar-refractivity contribution >= 4 is 23.2 Å². The molecule has 8 heteroatoms. The second-order valence-corrected chi connectivity index (χ2v) is 8.26. The molecule has 0 saturated carbocycles. The predicted molar refractivity (Wildman–Crippen MR) is 121 cm³/mol. The molecule has 1 saturated heterocycles. The smallest absolute Gasteiger partial charge is 0.416 e. The highest BCUT2D eigenvalue weighted by atomic mass is 35.5. The third-order valence-electron chi connectivity index (χ3n) is 5.48. The van der Waals surface area contributed by atoms with E-state index < -0.39 is 11.7 Å². The maximum Gasteiger partial charge on any atom is 0.416 e. The van der Waals surface area contributed by atoms with Crippen molar-refractivity contribution in [2.45, 2.75) is 19.3 Å². The average Bonchev–Trinajstić information content (AvgIpc) is 2.79. The minimum absolute atomic E-state index is 0.152. The van der Waals surface area contributed by atoms with Gasteiger partial charge in [-0.1, -0.05) is 41.9 Å². The molecule has 0 N–H and O–H groups in total. The Kier molecular flexibility index (Phi) is 6.91. The van der Waals surface area contributed by atoms with Gasteiger partial charge >= 0.3 is 6.18 Å². The van der Waals surface area contributed by atoms with Crippen LogP contribution in [0.15, 0.2) is 72.8 Å². The third kappa shape index (κ3) is 5.86. The van der Waals surface area contributed by atoms with Crippen LogP contribution in [0.3, 0.4) is 0 Å². The van der Waals surface area contributed by atoms with Gasteiger partial charge in [-0.15, -0.1) is 0 Å². The third-order valence-corrected chi connectivity index (χ3v) is 5.73. The lowest BCUT2D eigenvalue weighted by Crippen LogP contribution is -2.50. The van der Waals surface area contributed by atoms with Gasteiger partial charge in [0.1, 0.15) is 12.4 Å². The summed E-state index contributed by atoms with van der Waals surface area (Å²) in [6.07, 6.45) is -4.40. The molecule has 0 unspecified atom stereocenters. The molecule has 1 amide bonds. The Bertz CT molecular complexity index is 1100. The van der Waals surface area contributed by atoms with Crippen LogP contribution in [0.1, 0.15) is 16.7 Å². The molecule has 0 atom stereocenters. The molecule has 1 fully saturated rings. The number of benzene rings is 3. The first-order valence-corrected chi connectivity index (χ1v) is 10.8. The molecular weight excluding hydrogens is 453 g/mol. The fourth-order valence-electron chi connectivity index (χ4n) is 3.72. The zero-order chi connectivity index (χ0) is 23.4. The molecule has 33 heavy (non-hydrogen) atoms. The maximum absolute atomic E-state index is 12.8. The molecule has 0 spiro atoms. The summed E-state index contributed by atoms with van der Waals surface area (Å²) in [5.74, 6) is 0.589. The Labute approximate surface area is 195 Å². The quantitative estimate of drug-likeness (QED) is 0.453. The number of halogens is 4. The van der Waals surface area contributed by atoms with Gasteiger partial charge < -0.3 is 9.64 Å². The number of ether oxygens (including phenoxy) is 1. The van der Waals surface area contributed by atoms with E-state index in [0.29, 0.717) is 37.0 Å². The summed E-state index contributed by atoms with van der Waals surface area (Å²) in [6, 6.07) is 19.8. The fraction of sp³-hybridized carbons (Fsp3) is 0.240. The van der Waals surface area contributed by atoms with E-state index in [1.165, 1.54) is 17.0 Å². The van der Waals surface area contributed by atoms with Crippen LogP contribution in [-0.2, 0) is 24.1 Å². The molecule has 4 rings (SSSR count). The molecule has 0 aromatic heterocycles. The molecule has 0 aliphatic carbocycles. The first kappa shape index (κ1) is 23.1. The topological polar surface area (TPSA) is 32.8 Å². The Hall–Kier alpha value is -3.03. The van der Waals surface area contributed by atoms with E-state index in [4.69, 9.17) is 16.3 Å². The predicted octanol–water partition coefficient (Wildman–Crippen LogP) is 5.79. The number of anilines is 1. The van der Waals surface area contributed by atoms with Crippen LogP contribution in [0.4, 0.5) is 18.9 Å². The molecule has 3 aromatic carbocycles. The highest BCUT2D eigenvalue weighted by Gasteiger charge is 2.31. The molecule has 1 aliphatic rings. The second kappa shape index (κ2) is 9.85. The standard InChI is InChI=1S/C25H22ClF3N2O2/c26-21-9-5-18(6-10-21)17-33-23-4-2-1-3-19(23)15-30-13-14-31(24(32)16-30)22-11-7-20(8-12-22)25(27,28)29/h1-12H,13-17H2. The zero-order valence-corrected chi connectivity index (χ0v) is 18.4. The first-order chi connectivity index (χ1) is 15.8. The Balaban J connectivity index is 1.37. The molecule has 3 aromatic rings. The highest BCUT2D eigenvalue weighted by molar-refractivity contribution is 6.30. The second-order valence-electron chi connectivity index (χ2n) is 7.82. The lowest BCUT2D eigenvalue weighted by atomic mass is 10.1. The van der Waals surface area contributed by atoms with Gasteiger partial charge in [-0.3, -0.25) is 9.69 Å². The monoisotopic (exact) mass is 474 g/mol. The van der Waals surface area contributed by atoms with Crippen LogP contribution in [0.25, 0.3) is 0 Å². The first-order valence-electron chi connectivity index (χ1n) is 10.4.